The number of aromatic nitrogens is 2. The van der Waals surface area contributed by atoms with Gasteiger partial charge < -0.3 is 10.6 Å². The number of carbonyl (C=O) groups is 1. The van der Waals surface area contributed by atoms with Gasteiger partial charge in [-0.05, 0) is 44.0 Å². The fourth-order valence-corrected chi connectivity index (χ4v) is 4.79. The summed E-state index contributed by atoms with van der Waals surface area (Å²) in [5.74, 6) is 0.424. The zero-order valence-corrected chi connectivity index (χ0v) is 17.1. The van der Waals surface area contributed by atoms with Crippen molar-refractivity contribution < 1.29 is 13.2 Å². The number of rotatable bonds is 6. The Bertz CT molecular complexity index is 914. The lowest BCUT2D eigenvalue weighted by Crippen LogP contribution is -2.31. The second-order valence-corrected chi connectivity index (χ2v) is 8.98. The number of amides is 1. The van der Waals surface area contributed by atoms with Gasteiger partial charge in [-0.3, -0.25) is 9.48 Å². The molecular formula is C19H27N5O3S. The Labute approximate surface area is 166 Å². The molecule has 0 saturated carbocycles. The fraction of sp³-hybridized carbons (Fsp3) is 0.474. The number of anilines is 2. The van der Waals surface area contributed by atoms with Gasteiger partial charge >= 0.3 is 0 Å². The van der Waals surface area contributed by atoms with Gasteiger partial charge in [-0.25, -0.2) is 8.42 Å². The third-order valence-electron chi connectivity index (χ3n) is 4.78. The van der Waals surface area contributed by atoms with Crippen LogP contribution in [0.3, 0.4) is 0 Å². The van der Waals surface area contributed by atoms with Crippen molar-refractivity contribution in [1.29, 1.82) is 0 Å². The first-order chi connectivity index (χ1) is 13.4. The molecule has 2 N–H and O–H groups in total. The average Bonchev–Trinajstić information content (AvgIpc) is 2.87. The van der Waals surface area contributed by atoms with Crippen LogP contribution in [0.1, 0.15) is 31.4 Å². The molecule has 2 aromatic rings. The standard InChI is InChI=1S/C19H27N5O3S/c1-15-13-18(23(2)22-15)21-19(25)14-20-16-7-9-17(10-8-16)28(26,27)24-11-5-3-4-6-12-24/h7-10,13,20H,3-6,11-12,14H2,1-2H3,(H,21,25). The van der Waals surface area contributed by atoms with Gasteiger partial charge in [0.2, 0.25) is 15.9 Å². The highest BCUT2D eigenvalue weighted by Gasteiger charge is 2.24. The first-order valence-electron chi connectivity index (χ1n) is 9.51. The molecule has 0 aliphatic carbocycles. The molecule has 1 aromatic heterocycles. The van der Waals surface area contributed by atoms with E-state index in [2.05, 4.69) is 15.7 Å². The van der Waals surface area contributed by atoms with Crippen molar-refractivity contribution in [2.75, 3.05) is 30.3 Å². The summed E-state index contributed by atoms with van der Waals surface area (Å²) >= 11 is 0. The molecule has 0 atom stereocenters. The Hall–Kier alpha value is -2.39. The quantitative estimate of drug-likeness (QED) is 0.769. The first kappa shape index (κ1) is 20.3. The number of sulfonamides is 1. The van der Waals surface area contributed by atoms with Gasteiger partial charge in [0.25, 0.3) is 0 Å². The molecule has 2 heterocycles. The zero-order valence-electron chi connectivity index (χ0n) is 16.3. The molecule has 9 heteroatoms. The van der Waals surface area contributed by atoms with E-state index in [9.17, 15) is 13.2 Å². The van der Waals surface area contributed by atoms with E-state index in [4.69, 9.17) is 0 Å². The van der Waals surface area contributed by atoms with Crippen molar-refractivity contribution in [3.8, 4) is 0 Å². The van der Waals surface area contributed by atoms with Crippen LogP contribution in [0.2, 0.25) is 0 Å². The molecule has 152 valence electrons. The molecule has 8 nitrogen and oxygen atoms in total. The molecule has 1 aliphatic rings. The van der Waals surface area contributed by atoms with E-state index in [1.165, 1.54) is 0 Å². The number of hydrogen-bond donors (Lipinski definition) is 2. The summed E-state index contributed by atoms with van der Waals surface area (Å²) in [7, 11) is -1.70. The van der Waals surface area contributed by atoms with E-state index >= 15 is 0 Å². The average molecular weight is 406 g/mol. The van der Waals surface area contributed by atoms with Crippen molar-refractivity contribution >= 4 is 27.4 Å². The Balaban J connectivity index is 1.58. The molecule has 1 fully saturated rings. The van der Waals surface area contributed by atoms with Crippen molar-refractivity contribution in [1.82, 2.24) is 14.1 Å². The second-order valence-electron chi connectivity index (χ2n) is 7.04. The molecular weight excluding hydrogens is 378 g/mol. The number of benzene rings is 1. The smallest absolute Gasteiger partial charge is 0.244 e. The van der Waals surface area contributed by atoms with Crippen molar-refractivity contribution in [3.63, 3.8) is 0 Å². The highest BCUT2D eigenvalue weighted by atomic mass is 32.2. The van der Waals surface area contributed by atoms with Gasteiger partial charge in [0, 0.05) is 31.9 Å². The van der Waals surface area contributed by atoms with Crippen molar-refractivity contribution in [3.05, 3.63) is 36.0 Å². The molecule has 0 radical (unpaired) electrons. The van der Waals surface area contributed by atoms with Crippen LogP contribution in [0.15, 0.2) is 35.2 Å². The minimum Gasteiger partial charge on any atom is -0.376 e. The molecule has 1 aromatic carbocycles. The normalized spacial score (nSPS) is 15.8. The Morgan fingerprint density at radius 3 is 2.32 bits per heavy atom. The molecule has 1 saturated heterocycles. The summed E-state index contributed by atoms with van der Waals surface area (Å²) in [6.07, 6.45) is 3.97. The molecule has 0 bridgehead atoms. The summed E-state index contributed by atoms with van der Waals surface area (Å²) in [5.41, 5.74) is 1.51. The topological polar surface area (TPSA) is 96.3 Å². The summed E-state index contributed by atoms with van der Waals surface area (Å²) in [4.78, 5) is 12.4. The van der Waals surface area contributed by atoms with Gasteiger partial charge in [0.05, 0.1) is 17.1 Å². The summed E-state index contributed by atoms with van der Waals surface area (Å²) in [6, 6.07) is 8.34. The van der Waals surface area contributed by atoms with Crippen molar-refractivity contribution in [2.24, 2.45) is 7.05 Å². The summed E-state index contributed by atoms with van der Waals surface area (Å²) in [6.45, 7) is 3.09. The minimum atomic E-state index is -3.46. The molecule has 3 rings (SSSR count). The number of carbonyl (C=O) groups excluding carboxylic acids is 1. The van der Waals surface area contributed by atoms with Crippen LogP contribution in [-0.4, -0.2) is 48.0 Å². The molecule has 1 amide bonds. The number of nitrogens with one attached hydrogen (secondary N) is 2. The highest BCUT2D eigenvalue weighted by molar-refractivity contribution is 7.89. The second kappa shape index (κ2) is 8.74. The number of aryl methyl sites for hydroxylation is 2. The number of hydrogen-bond acceptors (Lipinski definition) is 5. The Kier molecular flexibility index (Phi) is 6.35. The zero-order chi connectivity index (χ0) is 20.1. The first-order valence-corrected chi connectivity index (χ1v) is 10.9. The van der Waals surface area contributed by atoms with E-state index in [0.29, 0.717) is 24.6 Å². The lowest BCUT2D eigenvalue weighted by molar-refractivity contribution is -0.114. The van der Waals surface area contributed by atoms with Crippen LogP contribution >= 0.6 is 0 Å². The Morgan fingerprint density at radius 2 is 1.75 bits per heavy atom. The van der Waals surface area contributed by atoms with Gasteiger partial charge in [-0.1, -0.05) is 12.8 Å². The van der Waals surface area contributed by atoms with Gasteiger partial charge in [0.15, 0.2) is 0 Å². The lowest BCUT2D eigenvalue weighted by atomic mass is 10.2. The SMILES string of the molecule is Cc1cc(NC(=O)CNc2ccc(S(=O)(=O)N3CCCCCC3)cc2)n(C)n1. The van der Waals surface area contributed by atoms with Gasteiger partial charge in [0.1, 0.15) is 5.82 Å². The third-order valence-corrected chi connectivity index (χ3v) is 6.69. The minimum absolute atomic E-state index is 0.0719. The fourth-order valence-electron chi connectivity index (χ4n) is 3.27. The molecule has 28 heavy (non-hydrogen) atoms. The maximum atomic E-state index is 12.8. The van der Waals surface area contributed by atoms with E-state index in [-0.39, 0.29) is 17.3 Å². The summed E-state index contributed by atoms with van der Waals surface area (Å²) in [5, 5.41) is 9.97. The molecule has 0 spiro atoms. The Morgan fingerprint density at radius 1 is 1.11 bits per heavy atom. The van der Waals surface area contributed by atoms with Crippen LogP contribution in [0.5, 0.6) is 0 Å². The van der Waals surface area contributed by atoms with E-state index < -0.39 is 10.0 Å². The van der Waals surface area contributed by atoms with E-state index in [1.54, 1.807) is 46.4 Å². The third kappa shape index (κ3) is 4.90. The maximum absolute atomic E-state index is 12.8. The van der Waals surface area contributed by atoms with E-state index in [0.717, 1.165) is 31.4 Å². The van der Waals surface area contributed by atoms with Gasteiger partial charge in [-0.15, -0.1) is 0 Å². The van der Waals surface area contributed by atoms with Crippen LogP contribution in [-0.2, 0) is 21.9 Å². The van der Waals surface area contributed by atoms with Crippen LogP contribution in [0.25, 0.3) is 0 Å². The summed E-state index contributed by atoms with van der Waals surface area (Å²) < 4.78 is 28.8. The lowest BCUT2D eigenvalue weighted by Gasteiger charge is -2.20. The molecule has 1 aliphatic heterocycles. The van der Waals surface area contributed by atoms with Crippen molar-refractivity contribution in [2.45, 2.75) is 37.5 Å². The van der Waals surface area contributed by atoms with E-state index in [1.807, 2.05) is 6.92 Å². The highest BCUT2D eigenvalue weighted by Crippen LogP contribution is 2.21. The monoisotopic (exact) mass is 405 g/mol. The number of nitrogens with zero attached hydrogens (tertiary/aromatic N) is 3. The maximum Gasteiger partial charge on any atom is 0.244 e. The predicted octanol–water partition coefficient (Wildman–Crippen LogP) is 2.34. The van der Waals surface area contributed by atoms with Crippen LogP contribution in [0.4, 0.5) is 11.5 Å². The molecule has 0 unspecified atom stereocenters. The largest absolute Gasteiger partial charge is 0.376 e. The predicted molar refractivity (Wildman–Crippen MR) is 109 cm³/mol. The van der Waals surface area contributed by atoms with Crippen LogP contribution < -0.4 is 10.6 Å². The van der Waals surface area contributed by atoms with Gasteiger partial charge in [-0.2, -0.15) is 9.40 Å². The van der Waals surface area contributed by atoms with Crippen LogP contribution in [0, 0.1) is 6.92 Å².